The molecule has 1 unspecified atom stereocenters. The number of hydrogen-bond donors (Lipinski definition) is 1. The summed E-state index contributed by atoms with van der Waals surface area (Å²) in [6.45, 7) is 0. The Morgan fingerprint density at radius 1 is 1.00 bits per heavy atom. The summed E-state index contributed by atoms with van der Waals surface area (Å²) in [5.74, 6) is -3.17. The van der Waals surface area contributed by atoms with E-state index in [1.165, 1.54) is 12.1 Å². The van der Waals surface area contributed by atoms with Crippen molar-refractivity contribution in [2.24, 2.45) is 0 Å². The van der Waals surface area contributed by atoms with Gasteiger partial charge in [-0.2, -0.15) is 0 Å². The molecule has 0 radical (unpaired) electrons. The zero-order chi connectivity index (χ0) is 14.4. The van der Waals surface area contributed by atoms with Crippen LogP contribution < -0.4 is 5.32 Å². The third-order valence-corrected chi connectivity index (χ3v) is 3.40. The number of rotatable bonds is 1. The summed E-state index contributed by atoms with van der Waals surface area (Å²) in [5, 5.41) is 1.82. The number of carbonyl (C=O) groups excluding carboxylic acids is 4. The Kier molecular flexibility index (Phi) is 2.63. The summed E-state index contributed by atoms with van der Waals surface area (Å²) < 4.78 is 13.4. The molecule has 4 amide bonds. The molecular weight excluding hydrogens is 267 g/mol. The molecule has 20 heavy (non-hydrogen) atoms. The molecule has 1 aromatic carbocycles. The maximum atomic E-state index is 13.4. The van der Waals surface area contributed by atoms with Crippen LogP contribution in [0.25, 0.3) is 0 Å². The second-order valence-corrected chi connectivity index (χ2v) is 4.60. The molecular formula is C13H9FN2O4. The first kappa shape index (κ1) is 12.5. The van der Waals surface area contributed by atoms with Crippen LogP contribution in [-0.4, -0.2) is 40.7 Å². The Morgan fingerprint density at radius 2 is 1.55 bits per heavy atom. The van der Waals surface area contributed by atoms with E-state index in [0.29, 0.717) is 0 Å². The SMILES string of the molecule is O=C1NC(=O)[C@H](F)CC1N1C(=O)c2ccccc2C1=O. The van der Waals surface area contributed by atoms with Crippen molar-refractivity contribution in [3.8, 4) is 0 Å². The molecule has 3 rings (SSSR count). The fourth-order valence-electron chi connectivity index (χ4n) is 2.41. The number of amides is 4. The van der Waals surface area contributed by atoms with Crippen molar-refractivity contribution in [2.45, 2.75) is 18.6 Å². The number of imide groups is 2. The number of carbonyl (C=O) groups is 4. The molecule has 2 aliphatic rings. The Labute approximate surface area is 112 Å². The lowest BCUT2D eigenvalue weighted by atomic mass is 10.0. The smallest absolute Gasteiger partial charge is 0.262 e. The van der Waals surface area contributed by atoms with Crippen molar-refractivity contribution in [2.75, 3.05) is 0 Å². The summed E-state index contributed by atoms with van der Waals surface area (Å²) >= 11 is 0. The molecule has 0 spiro atoms. The maximum absolute atomic E-state index is 13.4. The lowest BCUT2D eigenvalue weighted by Crippen LogP contribution is -2.58. The molecule has 102 valence electrons. The van der Waals surface area contributed by atoms with E-state index < -0.39 is 42.3 Å². The third kappa shape index (κ3) is 1.63. The fourth-order valence-corrected chi connectivity index (χ4v) is 2.41. The predicted molar refractivity (Wildman–Crippen MR) is 63.4 cm³/mol. The first-order chi connectivity index (χ1) is 9.50. The minimum Gasteiger partial charge on any atom is -0.292 e. The summed E-state index contributed by atoms with van der Waals surface area (Å²) in [6.07, 6.45) is -2.42. The second-order valence-electron chi connectivity index (χ2n) is 4.60. The second kappa shape index (κ2) is 4.22. The van der Waals surface area contributed by atoms with Crippen LogP contribution in [-0.2, 0) is 9.59 Å². The van der Waals surface area contributed by atoms with E-state index in [0.717, 1.165) is 4.90 Å². The lowest BCUT2D eigenvalue weighted by molar-refractivity contribution is -0.140. The van der Waals surface area contributed by atoms with Gasteiger partial charge in [0, 0.05) is 6.42 Å². The number of benzene rings is 1. The van der Waals surface area contributed by atoms with Crippen LogP contribution in [0.4, 0.5) is 4.39 Å². The number of halogens is 1. The highest BCUT2D eigenvalue weighted by Crippen LogP contribution is 2.27. The molecule has 0 aromatic heterocycles. The van der Waals surface area contributed by atoms with Gasteiger partial charge in [-0.05, 0) is 12.1 Å². The molecule has 1 fully saturated rings. The number of fused-ring (bicyclic) bond motifs is 1. The monoisotopic (exact) mass is 276 g/mol. The summed E-state index contributed by atoms with van der Waals surface area (Å²) in [6, 6.07) is 4.82. The lowest BCUT2D eigenvalue weighted by Gasteiger charge is -2.29. The largest absolute Gasteiger partial charge is 0.292 e. The minimum atomic E-state index is -1.91. The quantitative estimate of drug-likeness (QED) is 0.734. The molecule has 0 bridgehead atoms. The van der Waals surface area contributed by atoms with E-state index in [2.05, 4.69) is 0 Å². The molecule has 1 saturated heterocycles. The van der Waals surface area contributed by atoms with Gasteiger partial charge in [0.15, 0.2) is 6.17 Å². The Bertz CT molecular complexity index is 623. The molecule has 2 heterocycles. The van der Waals surface area contributed by atoms with Crippen molar-refractivity contribution in [1.29, 1.82) is 0 Å². The Morgan fingerprint density at radius 3 is 2.10 bits per heavy atom. The van der Waals surface area contributed by atoms with Gasteiger partial charge in [0.05, 0.1) is 11.1 Å². The zero-order valence-electron chi connectivity index (χ0n) is 10.1. The van der Waals surface area contributed by atoms with Crippen LogP contribution in [0.15, 0.2) is 24.3 Å². The van der Waals surface area contributed by atoms with Crippen molar-refractivity contribution in [3.05, 3.63) is 35.4 Å². The summed E-state index contributed by atoms with van der Waals surface area (Å²) in [4.78, 5) is 47.8. The van der Waals surface area contributed by atoms with Crippen molar-refractivity contribution in [3.63, 3.8) is 0 Å². The molecule has 2 aliphatic heterocycles. The standard InChI is InChI=1S/C13H9FN2O4/c14-8-5-9(11(18)15-10(8)17)16-12(19)6-3-1-2-4-7(6)13(16)20/h1-4,8-9H,5H2,(H,15,17,18)/t8-,9?/m1/s1. The molecule has 0 saturated carbocycles. The van der Waals surface area contributed by atoms with Gasteiger partial charge in [0.1, 0.15) is 6.04 Å². The average molecular weight is 276 g/mol. The molecule has 1 aromatic rings. The average Bonchev–Trinajstić information content (AvgIpc) is 2.68. The normalized spacial score (nSPS) is 25.8. The van der Waals surface area contributed by atoms with Gasteiger partial charge in [0.2, 0.25) is 5.91 Å². The van der Waals surface area contributed by atoms with Crippen LogP contribution in [0.5, 0.6) is 0 Å². The number of piperidine rings is 1. The minimum absolute atomic E-state index is 0.178. The summed E-state index contributed by atoms with van der Waals surface area (Å²) in [5.41, 5.74) is 0.357. The van der Waals surface area contributed by atoms with Gasteiger partial charge < -0.3 is 0 Å². The maximum Gasteiger partial charge on any atom is 0.262 e. The summed E-state index contributed by atoms with van der Waals surface area (Å²) in [7, 11) is 0. The molecule has 6 nitrogen and oxygen atoms in total. The van der Waals surface area contributed by atoms with Crippen LogP contribution in [0.1, 0.15) is 27.1 Å². The van der Waals surface area contributed by atoms with Gasteiger partial charge in [0.25, 0.3) is 17.7 Å². The molecule has 7 heteroatoms. The third-order valence-electron chi connectivity index (χ3n) is 3.40. The van der Waals surface area contributed by atoms with Crippen molar-refractivity contribution >= 4 is 23.6 Å². The number of alkyl halides is 1. The van der Waals surface area contributed by atoms with E-state index >= 15 is 0 Å². The van der Waals surface area contributed by atoms with Crippen molar-refractivity contribution < 1.29 is 23.6 Å². The van der Waals surface area contributed by atoms with Crippen LogP contribution >= 0.6 is 0 Å². The Balaban J connectivity index is 1.97. The fraction of sp³-hybridized carbons (Fsp3) is 0.231. The van der Waals surface area contributed by atoms with Gasteiger partial charge >= 0.3 is 0 Å². The van der Waals surface area contributed by atoms with Gasteiger partial charge in [-0.3, -0.25) is 29.4 Å². The number of nitrogens with zero attached hydrogens (tertiary/aromatic N) is 1. The van der Waals surface area contributed by atoms with Crippen molar-refractivity contribution in [1.82, 2.24) is 10.2 Å². The van der Waals surface area contributed by atoms with E-state index in [9.17, 15) is 23.6 Å². The molecule has 2 atom stereocenters. The van der Waals surface area contributed by atoms with Gasteiger partial charge in [-0.1, -0.05) is 12.1 Å². The molecule has 0 aliphatic carbocycles. The predicted octanol–water partition coefficient (Wildman–Crippen LogP) is 0.0358. The highest BCUT2D eigenvalue weighted by molar-refractivity contribution is 6.23. The highest BCUT2D eigenvalue weighted by atomic mass is 19.1. The van der Waals surface area contributed by atoms with E-state index in [1.54, 1.807) is 12.1 Å². The van der Waals surface area contributed by atoms with Gasteiger partial charge in [-0.15, -0.1) is 0 Å². The Hall–Kier alpha value is -2.57. The molecule has 1 N–H and O–H groups in total. The number of hydrogen-bond acceptors (Lipinski definition) is 4. The van der Waals surface area contributed by atoms with E-state index in [1.807, 2.05) is 5.32 Å². The first-order valence-electron chi connectivity index (χ1n) is 5.96. The van der Waals surface area contributed by atoms with Crippen LogP contribution in [0, 0.1) is 0 Å². The van der Waals surface area contributed by atoms with E-state index in [-0.39, 0.29) is 11.1 Å². The number of nitrogens with one attached hydrogen (secondary N) is 1. The highest BCUT2D eigenvalue weighted by Gasteiger charge is 2.46. The first-order valence-corrected chi connectivity index (χ1v) is 5.96. The van der Waals surface area contributed by atoms with Crippen LogP contribution in [0.2, 0.25) is 0 Å². The van der Waals surface area contributed by atoms with Crippen LogP contribution in [0.3, 0.4) is 0 Å². The van der Waals surface area contributed by atoms with Gasteiger partial charge in [-0.25, -0.2) is 4.39 Å². The van der Waals surface area contributed by atoms with E-state index in [4.69, 9.17) is 0 Å². The zero-order valence-corrected chi connectivity index (χ0v) is 10.1. The topological polar surface area (TPSA) is 83.6 Å².